The lowest BCUT2D eigenvalue weighted by molar-refractivity contribution is -0.0517. The predicted octanol–water partition coefficient (Wildman–Crippen LogP) is -0.973. The number of rotatable bonds is 5. The maximum atomic E-state index is 10.3. The summed E-state index contributed by atoms with van der Waals surface area (Å²) in [5, 5.41) is 29.6. The number of aliphatic hydroxyl groups is 3. The SMILES string of the molecule is C=C(OCC)c1nc2c(N)ncnc2n1[C@@H]1O[C@H](CO)C(O)C1O. The Balaban J connectivity index is 2.16. The first-order valence-electron chi connectivity index (χ1n) is 7.42. The Kier molecular flexibility index (Phi) is 4.37. The molecule has 1 fully saturated rings. The number of ether oxygens (including phenoxy) is 2. The summed E-state index contributed by atoms with van der Waals surface area (Å²) in [5.74, 6) is 0.623. The van der Waals surface area contributed by atoms with Crippen molar-refractivity contribution < 1.29 is 24.8 Å². The van der Waals surface area contributed by atoms with Crippen LogP contribution < -0.4 is 5.73 Å². The summed E-state index contributed by atoms with van der Waals surface area (Å²) in [6.07, 6.45) is -3.28. The number of nitrogens with zero attached hydrogens (tertiary/aromatic N) is 4. The second-order valence-corrected chi connectivity index (χ2v) is 5.32. The van der Waals surface area contributed by atoms with Crippen molar-refractivity contribution in [2.24, 2.45) is 0 Å². The van der Waals surface area contributed by atoms with Gasteiger partial charge in [0.05, 0.1) is 13.2 Å². The van der Waals surface area contributed by atoms with Gasteiger partial charge in [-0.25, -0.2) is 15.0 Å². The van der Waals surface area contributed by atoms with Gasteiger partial charge in [0.25, 0.3) is 0 Å². The molecule has 2 unspecified atom stereocenters. The lowest BCUT2D eigenvalue weighted by Crippen LogP contribution is -2.33. The van der Waals surface area contributed by atoms with E-state index in [-0.39, 0.29) is 17.4 Å². The number of aliphatic hydroxyl groups excluding tert-OH is 3. The molecule has 1 aliphatic heterocycles. The van der Waals surface area contributed by atoms with Gasteiger partial charge in [0, 0.05) is 0 Å². The molecule has 3 rings (SSSR count). The minimum Gasteiger partial charge on any atom is -0.491 e. The highest BCUT2D eigenvalue weighted by molar-refractivity contribution is 5.83. The molecule has 5 N–H and O–H groups in total. The molecule has 10 nitrogen and oxygen atoms in total. The fraction of sp³-hybridized carbons (Fsp3) is 0.500. The minimum absolute atomic E-state index is 0.149. The molecule has 0 saturated carbocycles. The molecule has 2 aromatic heterocycles. The molecule has 10 heteroatoms. The molecule has 2 aromatic rings. The standard InChI is InChI=1S/C14H19N5O5/c1-3-23-6(2)12-18-8-11(15)16-5-17-13(8)19(12)14-10(22)9(21)7(4-20)24-14/h5,7,9-10,14,20-22H,2-4H2,1H3,(H2,15,16,17)/t7-,9?,10?,14-/m1/s1. The van der Waals surface area contributed by atoms with Gasteiger partial charge in [-0.15, -0.1) is 0 Å². The van der Waals surface area contributed by atoms with Crippen LogP contribution in [0.5, 0.6) is 0 Å². The van der Waals surface area contributed by atoms with Gasteiger partial charge >= 0.3 is 0 Å². The van der Waals surface area contributed by atoms with Crippen molar-refractivity contribution >= 4 is 22.7 Å². The number of aromatic nitrogens is 4. The first-order valence-corrected chi connectivity index (χ1v) is 7.42. The van der Waals surface area contributed by atoms with Crippen molar-refractivity contribution in [2.45, 2.75) is 31.5 Å². The fourth-order valence-electron chi connectivity index (χ4n) is 2.70. The van der Waals surface area contributed by atoms with Crippen LogP contribution in [0.15, 0.2) is 12.9 Å². The van der Waals surface area contributed by atoms with Crippen LogP contribution >= 0.6 is 0 Å². The Morgan fingerprint density at radius 2 is 2.17 bits per heavy atom. The summed E-state index contributed by atoms with van der Waals surface area (Å²) in [4.78, 5) is 12.4. The molecule has 0 aliphatic carbocycles. The zero-order valence-corrected chi connectivity index (χ0v) is 13.0. The van der Waals surface area contributed by atoms with Gasteiger partial charge in [-0.2, -0.15) is 0 Å². The molecule has 4 atom stereocenters. The third-order valence-electron chi connectivity index (χ3n) is 3.84. The Morgan fingerprint density at radius 1 is 1.42 bits per heavy atom. The van der Waals surface area contributed by atoms with Crippen LogP contribution in [-0.4, -0.2) is 66.4 Å². The highest BCUT2D eigenvalue weighted by Crippen LogP contribution is 2.35. The third kappa shape index (κ3) is 2.49. The molecule has 0 bridgehead atoms. The van der Waals surface area contributed by atoms with E-state index in [9.17, 15) is 15.3 Å². The first kappa shape index (κ1) is 16.6. The molecule has 0 aromatic carbocycles. The van der Waals surface area contributed by atoms with Crippen LogP contribution in [0.3, 0.4) is 0 Å². The Bertz CT molecular complexity index is 763. The van der Waals surface area contributed by atoms with E-state index in [0.29, 0.717) is 17.8 Å². The zero-order chi connectivity index (χ0) is 17.4. The molecule has 24 heavy (non-hydrogen) atoms. The van der Waals surface area contributed by atoms with E-state index >= 15 is 0 Å². The topological polar surface area (TPSA) is 149 Å². The van der Waals surface area contributed by atoms with Crippen LogP contribution in [0.4, 0.5) is 5.82 Å². The number of hydrogen-bond donors (Lipinski definition) is 4. The number of nitrogen functional groups attached to an aromatic ring is 1. The molecule has 3 heterocycles. The van der Waals surface area contributed by atoms with Crippen molar-refractivity contribution in [3.05, 3.63) is 18.7 Å². The summed E-state index contributed by atoms with van der Waals surface area (Å²) in [7, 11) is 0. The van der Waals surface area contributed by atoms with Crippen LogP contribution in [-0.2, 0) is 9.47 Å². The molecule has 1 saturated heterocycles. The van der Waals surface area contributed by atoms with Gasteiger partial charge in [-0.05, 0) is 6.92 Å². The second kappa shape index (κ2) is 6.32. The van der Waals surface area contributed by atoms with Crippen LogP contribution in [0, 0.1) is 0 Å². The average Bonchev–Trinajstić information content (AvgIpc) is 3.08. The number of fused-ring (bicyclic) bond motifs is 1. The Labute approximate surface area is 137 Å². The van der Waals surface area contributed by atoms with E-state index in [2.05, 4.69) is 21.5 Å². The highest BCUT2D eigenvalue weighted by Gasteiger charge is 2.45. The number of nitrogens with two attached hydrogens (primary N) is 1. The molecule has 0 spiro atoms. The van der Waals surface area contributed by atoms with Crippen molar-refractivity contribution in [3.63, 3.8) is 0 Å². The highest BCUT2D eigenvalue weighted by atomic mass is 16.6. The zero-order valence-electron chi connectivity index (χ0n) is 13.0. The summed E-state index contributed by atoms with van der Waals surface area (Å²) < 4.78 is 12.4. The van der Waals surface area contributed by atoms with Gasteiger partial charge < -0.3 is 30.5 Å². The van der Waals surface area contributed by atoms with Gasteiger partial charge in [0.15, 0.2) is 34.8 Å². The van der Waals surface area contributed by atoms with Crippen molar-refractivity contribution in [3.8, 4) is 0 Å². The molecule has 0 radical (unpaired) electrons. The average molecular weight is 337 g/mol. The van der Waals surface area contributed by atoms with E-state index in [1.807, 2.05) is 0 Å². The van der Waals surface area contributed by atoms with Gasteiger partial charge in [0.2, 0.25) is 0 Å². The van der Waals surface area contributed by atoms with E-state index in [1.54, 1.807) is 6.92 Å². The summed E-state index contributed by atoms with van der Waals surface area (Å²) in [5.41, 5.74) is 6.43. The van der Waals surface area contributed by atoms with Crippen LogP contribution in [0.25, 0.3) is 16.9 Å². The molecule has 0 amide bonds. The Morgan fingerprint density at radius 3 is 2.79 bits per heavy atom. The van der Waals surface area contributed by atoms with Crippen molar-refractivity contribution in [1.82, 2.24) is 19.5 Å². The first-order chi connectivity index (χ1) is 11.5. The van der Waals surface area contributed by atoms with Gasteiger partial charge in [0.1, 0.15) is 24.6 Å². The molecular formula is C14H19N5O5. The number of anilines is 1. The Hall–Kier alpha value is -2.27. The second-order valence-electron chi connectivity index (χ2n) is 5.32. The summed E-state index contributed by atoms with van der Waals surface area (Å²) in [6, 6.07) is 0. The minimum atomic E-state index is -1.30. The monoisotopic (exact) mass is 337 g/mol. The summed E-state index contributed by atoms with van der Waals surface area (Å²) >= 11 is 0. The van der Waals surface area contributed by atoms with Gasteiger partial charge in [-0.3, -0.25) is 4.57 Å². The van der Waals surface area contributed by atoms with E-state index in [0.717, 1.165) is 0 Å². The normalized spacial score (nSPS) is 26.8. The largest absolute Gasteiger partial charge is 0.491 e. The molecule has 1 aliphatic rings. The number of hydrogen-bond acceptors (Lipinski definition) is 9. The van der Waals surface area contributed by atoms with E-state index in [1.165, 1.54) is 10.9 Å². The smallest absolute Gasteiger partial charge is 0.179 e. The van der Waals surface area contributed by atoms with Gasteiger partial charge in [-0.1, -0.05) is 6.58 Å². The molecule has 130 valence electrons. The lowest BCUT2D eigenvalue weighted by Gasteiger charge is -2.19. The number of imidazole rings is 1. The third-order valence-corrected chi connectivity index (χ3v) is 3.84. The fourth-order valence-corrected chi connectivity index (χ4v) is 2.70. The summed E-state index contributed by atoms with van der Waals surface area (Å²) in [6.45, 7) is 5.52. The quantitative estimate of drug-likeness (QED) is 0.505. The predicted molar refractivity (Wildman–Crippen MR) is 83.4 cm³/mol. The maximum absolute atomic E-state index is 10.3. The van der Waals surface area contributed by atoms with Crippen molar-refractivity contribution in [1.29, 1.82) is 0 Å². The van der Waals surface area contributed by atoms with Crippen LogP contribution in [0.2, 0.25) is 0 Å². The van der Waals surface area contributed by atoms with Crippen molar-refractivity contribution in [2.75, 3.05) is 18.9 Å². The maximum Gasteiger partial charge on any atom is 0.179 e. The van der Waals surface area contributed by atoms with E-state index in [4.69, 9.17) is 15.2 Å². The lowest BCUT2D eigenvalue weighted by atomic mass is 10.1. The van der Waals surface area contributed by atoms with E-state index < -0.39 is 31.1 Å². The van der Waals surface area contributed by atoms with Crippen LogP contribution in [0.1, 0.15) is 19.0 Å². The molecular weight excluding hydrogens is 318 g/mol.